The molecule has 1 saturated heterocycles. The highest BCUT2D eigenvalue weighted by atomic mass is 35.5. The lowest BCUT2D eigenvalue weighted by molar-refractivity contribution is -0.148. The topological polar surface area (TPSA) is 87.2 Å². The van der Waals surface area contributed by atoms with Gasteiger partial charge in [-0.2, -0.15) is 0 Å². The number of hydrogen-bond donors (Lipinski definition) is 0. The van der Waals surface area contributed by atoms with E-state index in [-0.39, 0.29) is 17.4 Å². The molecule has 0 aliphatic carbocycles. The summed E-state index contributed by atoms with van der Waals surface area (Å²) in [6, 6.07) is 11.0. The van der Waals surface area contributed by atoms with Crippen LogP contribution in [-0.4, -0.2) is 78.7 Å². The molecule has 0 saturated carbocycles. The second kappa shape index (κ2) is 8.72. The lowest BCUT2D eigenvalue weighted by Crippen LogP contribution is -2.51. The van der Waals surface area contributed by atoms with Crippen molar-refractivity contribution in [2.24, 2.45) is 0 Å². The number of methoxy groups -OCH3 is 1. The molecular formula is C23H22ClN3O5. The molecule has 0 spiro atoms. The first-order chi connectivity index (χ1) is 15.3. The Bertz CT molecular complexity index is 1110. The molecule has 4 rings (SSSR count). The summed E-state index contributed by atoms with van der Waals surface area (Å²) in [4.78, 5) is 54.5. The summed E-state index contributed by atoms with van der Waals surface area (Å²) < 4.78 is 5.01. The summed E-state index contributed by atoms with van der Waals surface area (Å²) in [5.74, 6) is -1.42. The minimum Gasteiger partial charge on any atom is -0.468 e. The molecule has 0 bridgehead atoms. The zero-order valence-electron chi connectivity index (χ0n) is 17.7. The van der Waals surface area contributed by atoms with Crippen LogP contribution in [0.15, 0.2) is 42.5 Å². The molecular weight excluding hydrogens is 434 g/mol. The van der Waals surface area contributed by atoms with Gasteiger partial charge in [0.05, 0.1) is 18.2 Å². The minimum absolute atomic E-state index is 0.227. The Balaban J connectivity index is 1.49. The fourth-order valence-electron chi connectivity index (χ4n) is 4.14. The minimum atomic E-state index is -0.662. The zero-order chi connectivity index (χ0) is 23.0. The summed E-state index contributed by atoms with van der Waals surface area (Å²) in [6.45, 7) is 1.67. The van der Waals surface area contributed by atoms with Crippen molar-refractivity contribution in [1.82, 2.24) is 14.7 Å². The summed E-state index contributed by atoms with van der Waals surface area (Å²) in [6.07, 6.45) is 0. The highest BCUT2D eigenvalue weighted by Gasteiger charge is 2.36. The van der Waals surface area contributed by atoms with Crippen molar-refractivity contribution in [2.45, 2.75) is 6.04 Å². The van der Waals surface area contributed by atoms with Crippen LogP contribution in [0.5, 0.6) is 0 Å². The quantitative estimate of drug-likeness (QED) is 0.519. The van der Waals surface area contributed by atoms with Crippen molar-refractivity contribution in [1.29, 1.82) is 0 Å². The number of piperazine rings is 1. The van der Waals surface area contributed by atoms with E-state index in [0.717, 1.165) is 4.90 Å². The largest absolute Gasteiger partial charge is 0.468 e. The number of carbonyl (C=O) groups is 4. The number of hydrogen-bond acceptors (Lipinski definition) is 6. The normalized spacial score (nSPS) is 17.3. The average molecular weight is 456 g/mol. The molecule has 0 radical (unpaired) electrons. The predicted octanol–water partition coefficient (Wildman–Crippen LogP) is 2.24. The van der Waals surface area contributed by atoms with Gasteiger partial charge in [0, 0.05) is 43.8 Å². The summed E-state index contributed by atoms with van der Waals surface area (Å²) >= 11 is 6.32. The molecule has 166 valence electrons. The van der Waals surface area contributed by atoms with Crippen molar-refractivity contribution in [2.75, 3.05) is 40.3 Å². The molecule has 2 aliphatic rings. The van der Waals surface area contributed by atoms with E-state index >= 15 is 0 Å². The fourth-order valence-corrected chi connectivity index (χ4v) is 4.38. The second-order valence-corrected chi connectivity index (χ2v) is 8.11. The number of nitrogens with zero attached hydrogens (tertiary/aromatic N) is 3. The van der Waals surface area contributed by atoms with Gasteiger partial charge in [-0.3, -0.25) is 24.2 Å². The van der Waals surface area contributed by atoms with E-state index in [1.807, 2.05) is 11.0 Å². The molecule has 9 heteroatoms. The smallest absolute Gasteiger partial charge is 0.327 e. The molecule has 2 aliphatic heterocycles. The number of rotatable bonds is 4. The number of benzene rings is 2. The van der Waals surface area contributed by atoms with E-state index in [1.165, 1.54) is 26.3 Å². The molecule has 8 nitrogen and oxygen atoms in total. The van der Waals surface area contributed by atoms with Crippen LogP contribution in [-0.2, 0) is 9.53 Å². The van der Waals surface area contributed by atoms with Crippen LogP contribution in [0.4, 0.5) is 0 Å². The first-order valence-corrected chi connectivity index (χ1v) is 10.5. The van der Waals surface area contributed by atoms with Crippen LogP contribution in [0.2, 0.25) is 5.02 Å². The first kappa shape index (κ1) is 22.0. The van der Waals surface area contributed by atoms with Crippen molar-refractivity contribution in [3.05, 3.63) is 69.7 Å². The maximum atomic E-state index is 13.0. The number of halogens is 1. The molecule has 2 aromatic rings. The van der Waals surface area contributed by atoms with Crippen LogP contribution in [0.25, 0.3) is 0 Å². The van der Waals surface area contributed by atoms with Gasteiger partial charge < -0.3 is 9.64 Å². The van der Waals surface area contributed by atoms with Gasteiger partial charge in [-0.25, -0.2) is 4.79 Å². The number of fused-ring (bicyclic) bond motifs is 1. The zero-order valence-corrected chi connectivity index (χ0v) is 18.5. The molecule has 32 heavy (non-hydrogen) atoms. The van der Waals surface area contributed by atoms with Crippen LogP contribution >= 0.6 is 11.6 Å². The molecule has 1 unspecified atom stereocenters. The molecule has 3 amide bonds. The van der Waals surface area contributed by atoms with Crippen LogP contribution in [0.3, 0.4) is 0 Å². The fraction of sp³-hybridized carbons (Fsp3) is 0.304. The van der Waals surface area contributed by atoms with Gasteiger partial charge in [-0.1, -0.05) is 29.8 Å². The second-order valence-electron chi connectivity index (χ2n) is 7.71. The monoisotopic (exact) mass is 455 g/mol. The van der Waals surface area contributed by atoms with E-state index in [2.05, 4.69) is 0 Å². The van der Waals surface area contributed by atoms with Crippen molar-refractivity contribution in [3.63, 3.8) is 0 Å². The van der Waals surface area contributed by atoms with E-state index < -0.39 is 17.9 Å². The maximum Gasteiger partial charge on any atom is 0.327 e. The molecule has 0 aromatic heterocycles. The molecule has 1 atom stereocenters. The first-order valence-electron chi connectivity index (χ1n) is 10.2. The highest BCUT2D eigenvalue weighted by Crippen LogP contribution is 2.30. The Morgan fingerprint density at radius 3 is 2.28 bits per heavy atom. The average Bonchev–Trinajstić information content (AvgIpc) is 3.03. The Morgan fingerprint density at radius 1 is 0.969 bits per heavy atom. The molecule has 2 heterocycles. The standard InChI is InChI=1S/C23H22ClN3O5/c1-25-21(29)15-8-7-14(13-17(15)22(25)30)20(28)27-11-9-26(10-12-27)19(23(31)32-2)16-5-3-4-6-18(16)24/h3-8,13,19H,9-12H2,1-2H3. The number of esters is 1. The van der Waals surface area contributed by atoms with E-state index in [1.54, 1.807) is 29.2 Å². The summed E-state index contributed by atoms with van der Waals surface area (Å²) in [5, 5.41) is 0.476. The van der Waals surface area contributed by atoms with E-state index in [0.29, 0.717) is 47.9 Å². The third-order valence-corrected chi connectivity index (χ3v) is 6.27. The van der Waals surface area contributed by atoms with E-state index in [4.69, 9.17) is 16.3 Å². The summed E-state index contributed by atoms with van der Waals surface area (Å²) in [5.41, 5.74) is 1.56. The third kappa shape index (κ3) is 3.76. The Kier molecular flexibility index (Phi) is 5.99. The number of imide groups is 1. The predicted molar refractivity (Wildman–Crippen MR) is 117 cm³/mol. The number of ether oxygens (including phenoxy) is 1. The number of carbonyl (C=O) groups excluding carboxylic acids is 4. The van der Waals surface area contributed by atoms with Crippen molar-refractivity contribution in [3.8, 4) is 0 Å². The SMILES string of the molecule is COC(=O)C(c1ccccc1Cl)N1CCN(C(=O)c2ccc3c(c2)C(=O)N(C)C3=O)CC1. The third-order valence-electron chi connectivity index (χ3n) is 5.93. The van der Waals surface area contributed by atoms with Crippen LogP contribution < -0.4 is 0 Å². The lowest BCUT2D eigenvalue weighted by atomic mass is 10.0. The van der Waals surface area contributed by atoms with Gasteiger partial charge in [0.15, 0.2) is 0 Å². The molecule has 2 aromatic carbocycles. The molecule has 1 fully saturated rings. The summed E-state index contributed by atoms with van der Waals surface area (Å²) in [7, 11) is 2.76. The maximum absolute atomic E-state index is 13.0. The Hall–Kier alpha value is -3.23. The Labute approximate surface area is 190 Å². The van der Waals surface area contributed by atoms with Gasteiger partial charge >= 0.3 is 5.97 Å². The van der Waals surface area contributed by atoms with Crippen molar-refractivity contribution >= 4 is 35.3 Å². The van der Waals surface area contributed by atoms with Crippen LogP contribution in [0.1, 0.15) is 42.7 Å². The molecule has 0 N–H and O–H groups in total. The van der Waals surface area contributed by atoms with Crippen molar-refractivity contribution < 1.29 is 23.9 Å². The van der Waals surface area contributed by atoms with Gasteiger partial charge in [0.1, 0.15) is 6.04 Å². The van der Waals surface area contributed by atoms with E-state index in [9.17, 15) is 19.2 Å². The van der Waals surface area contributed by atoms with Crippen LogP contribution in [0, 0.1) is 0 Å². The highest BCUT2D eigenvalue weighted by molar-refractivity contribution is 6.31. The lowest BCUT2D eigenvalue weighted by Gasteiger charge is -2.38. The van der Waals surface area contributed by atoms with Gasteiger partial charge in [-0.15, -0.1) is 0 Å². The van der Waals surface area contributed by atoms with Gasteiger partial charge in [0.25, 0.3) is 17.7 Å². The number of amides is 3. The van der Waals surface area contributed by atoms with Gasteiger partial charge in [0.2, 0.25) is 0 Å². The van der Waals surface area contributed by atoms with Gasteiger partial charge in [-0.05, 0) is 29.8 Å². The Morgan fingerprint density at radius 2 is 1.62 bits per heavy atom.